The van der Waals surface area contributed by atoms with Crippen molar-refractivity contribution in [1.82, 2.24) is 15.2 Å². The van der Waals surface area contributed by atoms with Gasteiger partial charge in [-0.25, -0.2) is 9.89 Å². The average molecular weight is 205 g/mol. The molecule has 2 rings (SSSR count). The largest absolute Gasteiger partial charge is 0.485 e. The lowest BCUT2D eigenvalue weighted by atomic mass is 10.2. The first kappa shape index (κ1) is 9.51. The molecule has 0 aliphatic rings. The fraction of sp³-hybridized carbons (Fsp3) is 0.200. The van der Waals surface area contributed by atoms with Crippen LogP contribution in [0.4, 0.5) is 0 Å². The zero-order chi connectivity index (χ0) is 10.7. The zero-order valence-electron chi connectivity index (χ0n) is 8.28. The van der Waals surface area contributed by atoms with E-state index < -0.39 is 0 Å². The van der Waals surface area contributed by atoms with Crippen LogP contribution in [0.5, 0.6) is 5.75 Å². The van der Waals surface area contributed by atoms with Crippen LogP contribution in [-0.4, -0.2) is 15.2 Å². The maximum absolute atomic E-state index is 10.7. The molecule has 2 N–H and O–H groups in total. The van der Waals surface area contributed by atoms with Crippen LogP contribution in [0.15, 0.2) is 29.1 Å². The molecule has 0 bridgehead atoms. The summed E-state index contributed by atoms with van der Waals surface area (Å²) in [5.74, 6) is 1.28. The van der Waals surface area contributed by atoms with Gasteiger partial charge in [0.05, 0.1) is 0 Å². The second-order valence-corrected chi connectivity index (χ2v) is 3.18. The Bertz CT molecular complexity index is 501. The van der Waals surface area contributed by atoms with E-state index in [9.17, 15) is 4.79 Å². The van der Waals surface area contributed by atoms with Gasteiger partial charge in [0.15, 0.2) is 5.82 Å². The summed E-state index contributed by atoms with van der Waals surface area (Å²) in [5, 5.41) is 6.02. The molecule has 5 heteroatoms. The fourth-order valence-electron chi connectivity index (χ4n) is 1.24. The van der Waals surface area contributed by atoms with E-state index in [1.807, 2.05) is 31.2 Å². The molecule has 1 aromatic heterocycles. The van der Waals surface area contributed by atoms with Crippen LogP contribution >= 0.6 is 0 Å². The molecule has 0 atom stereocenters. The number of hydrogen-bond acceptors (Lipinski definition) is 3. The summed E-state index contributed by atoms with van der Waals surface area (Å²) in [5.41, 5.74) is 0.730. The van der Waals surface area contributed by atoms with Gasteiger partial charge in [-0.3, -0.25) is 4.98 Å². The predicted molar refractivity (Wildman–Crippen MR) is 54.7 cm³/mol. The summed E-state index contributed by atoms with van der Waals surface area (Å²) < 4.78 is 5.48. The van der Waals surface area contributed by atoms with Gasteiger partial charge in [-0.2, -0.15) is 5.10 Å². The third-order valence-electron chi connectivity index (χ3n) is 2.01. The van der Waals surface area contributed by atoms with Gasteiger partial charge in [-0.1, -0.05) is 18.2 Å². The van der Waals surface area contributed by atoms with Crippen molar-refractivity contribution in [3.63, 3.8) is 0 Å². The van der Waals surface area contributed by atoms with Crippen molar-refractivity contribution < 1.29 is 4.74 Å². The first-order valence-electron chi connectivity index (χ1n) is 4.58. The summed E-state index contributed by atoms with van der Waals surface area (Å²) in [6.07, 6.45) is 0. The van der Waals surface area contributed by atoms with Crippen molar-refractivity contribution in [2.24, 2.45) is 0 Å². The molecule has 0 amide bonds. The van der Waals surface area contributed by atoms with E-state index in [0.717, 1.165) is 11.3 Å². The van der Waals surface area contributed by atoms with Gasteiger partial charge in [0.25, 0.3) is 0 Å². The molecule has 15 heavy (non-hydrogen) atoms. The lowest BCUT2D eigenvalue weighted by Gasteiger charge is -2.06. The minimum Gasteiger partial charge on any atom is -0.485 e. The highest BCUT2D eigenvalue weighted by atomic mass is 16.5. The third-order valence-corrected chi connectivity index (χ3v) is 2.01. The van der Waals surface area contributed by atoms with Crippen LogP contribution < -0.4 is 10.4 Å². The normalized spacial score (nSPS) is 10.2. The molecule has 0 aliphatic heterocycles. The Hall–Kier alpha value is -2.04. The molecular formula is C10H11N3O2. The lowest BCUT2D eigenvalue weighted by Crippen LogP contribution is -2.03. The van der Waals surface area contributed by atoms with Gasteiger partial charge < -0.3 is 4.74 Å². The number of hydrogen-bond donors (Lipinski definition) is 2. The monoisotopic (exact) mass is 205 g/mol. The quantitative estimate of drug-likeness (QED) is 0.784. The number of benzene rings is 1. The lowest BCUT2D eigenvalue weighted by molar-refractivity contribution is 0.294. The van der Waals surface area contributed by atoms with E-state index in [-0.39, 0.29) is 12.3 Å². The van der Waals surface area contributed by atoms with Crippen LogP contribution in [-0.2, 0) is 6.61 Å². The van der Waals surface area contributed by atoms with E-state index in [2.05, 4.69) is 15.2 Å². The summed E-state index contributed by atoms with van der Waals surface area (Å²) in [6.45, 7) is 2.21. The van der Waals surface area contributed by atoms with Gasteiger partial charge in [-0.05, 0) is 18.6 Å². The Balaban J connectivity index is 2.05. The van der Waals surface area contributed by atoms with E-state index in [1.54, 1.807) is 0 Å². The van der Waals surface area contributed by atoms with Crippen molar-refractivity contribution in [1.29, 1.82) is 0 Å². The predicted octanol–water partition coefficient (Wildman–Crippen LogP) is 0.985. The number of nitrogens with one attached hydrogen (secondary N) is 2. The zero-order valence-corrected chi connectivity index (χ0v) is 8.28. The van der Waals surface area contributed by atoms with Crippen LogP contribution in [0.2, 0.25) is 0 Å². The number of para-hydroxylation sites is 1. The van der Waals surface area contributed by atoms with Crippen molar-refractivity contribution in [3.05, 3.63) is 46.1 Å². The van der Waals surface area contributed by atoms with E-state index >= 15 is 0 Å². The topological polar surface area (TPSA) is 70.8 Å². The molecule has 0 fully saturated rings. The number of ether oxygens (including phenoxy) is 1. The Morgan fingerprint density at radius 3 is 2.87 bits per heavy atom. The summed E-state index contributed by atoms with van der Waals surface area (Å²) >= 11 is 0. The third kappa shape index (κ3) is 2.25. The first-order valence-corrected chi connectivity index (χ1v) is 4.58. The highest BCUT2D eigenvalue weighted by Crippen LogP contribution is 2.16. The van der Waals surface area contributed by atoms with Gasteiger partial charge in [0.2, 0.25) is 0 Å². The molecule has 0 spiro atoms. The van der Waals surface area contributed by atoms with E-state index in [4.69, 9.17) is 4.74 Å². The van der Waals surface area contributed by atoms with Crippen LogP contribution in [0, 0.1) is 6.92 Å². The highest BCUT2D eigenvalue weighted by molar-refractivity contribution is 5.31. The Labute approximate surface area is 86.1 Å². The first-order chi connectivity index (χ1) is 7.25. The summed E-state index contributed by atoms with van der Waals surface area (Å²) in [7, 11) is 0. The fourth-order valence-corrected chi connectivity index (χ4v) is 1.24. The molecule has 0 aliphatic carbocycles. The molecular weight excluding hydrogens is 194 g/mol. The molecule has 2 aromatic rings. The molecule has 0 saturated heterocycles. The van der Waals surface area contributed by atoms with E-state index in [1.165, 1.54) is 0 Å². The number of aromatic amines is 2. The number of rotatable bonds is 3. The SMILES string of the molecule is Cc1ccccc1OCc1n[nH]c(=O)[nH]1. The van der Waals surface area contributed by atoms with Crippen LogP contribution in [0.25, 0.3) is 0 Å². The Morgan fingerprint density at radius 2 is 2.20 bits per heavy atom. The minimum atomic E-state index is -0.321. The minimum absolute atomic E-state index is 0.254. The second-order valence-electron chi connectivity index (χ2n) is 3.18. The second kappa shape index (κ2) is 4.00. The molecule has 1 heterocycles. The molecule has 0 unspecified atom stereocenters. The smallest absolute Gasteiger partial charge is 0.340 e. The molecule has 5 nitrogen and oxygen atoms in total. The van der Waals surface area contributed by atoms with Gasteiger partial charge >= 0.3 is 5.69 Å². The van der Waals surface area contributed by atoms with Gasteiger partial charge in [0, 0.05) is 0 Å². The van der Waals surface area contributed by atoms with Gasteiger partial charge in [0.1, 0.15) is 12.4 Å². The van der Waals surface area contributed by atoms with Crippen molar-refractivity contribution in [3.8, 4) is 5.75 Å². The molecule has 0 saturated carbocycles. The van der Waals surface area contributed by atoms with Crippen molar-refractivity contribution in [2.75, 3.05) is 0 Å². The number of nitrogens with zero attached hydrogens (tertiary/aromatic N) is 1. The molecule has 78 valence electrons. The molecule has 0 radical (unpaired) electrons. The maximum atomic E-state index is 10.7. The van der Waals surface area contributed by atoms with Gasteiger partial charge in [-0.15, -0.1) is 0 Å². The van der Waals surface area contributed by atoms with Crippen LogP contribution in [0.1, 0.15) is 11.4 Å². The Morgan fingerprint density at radius 1 is 1.40 bits per heavy atom. The van der Waals surface area contributed by atoms with Crippen molar-refractivity contribution >= 4 is 0 Å². The number of aromatic nitrogens is 3. The van der Waals surface area contributed by atoms with Crippen molar-refractivity contribution in [2.45, 2.75) is 13.5 Å². The standard InChI is InChI=1S/C10H11N3O2/c1-7-4-2-3-5-8(7)15-6-9-11-10(14)13-12-9/h2-5H,6H2,1H3,(H2,11,12,13,14). The highest BCUT2D eigenvalue weighted by Gasteiger charge is 2.01. The van der Waals surface area contributed by atoms with Crippen LogP contribution in [0.3, 0.4) is 0 Å². The number of aryl methyl sites for hydroxylation is 1. The maximum Gasteiger partial charge on any atom is 0.340 e. The Kier molecular flexibility index (Phi) is 2.53. The number of H-pyrrole nitrogens is 2. The summed E-state index contributed by atoms with van der Waals surface area (Å²) in [4.78, 5) is 13.3. The van der Waals surface area contributed by atoms with E-state index in [0.29, 0.717) is 5.82 Å². The molecule has 1 aromatic carbocycles. The summed E-state index contributed by atoms with van der Waals surface area (Å²) in [6, 6.07) is 7.68. The average Bonchev–Trinajstić information content (AvgIpc) is 2.63.